The molecule has 2 aromatic rings. The van der Waals surface area contributed by atoms with Crippen LogP contribution in [0.2, 0.25) is 5.02 Å². The van der Waals surface area contributed by atoms with Gasteiger partial charge in [-0.3, -0.25) is 15.6 Å². The highest BCUT2D eigenvalue weighted by molar-refractivity contribution is 9.10. The molecule has 0 aliphatic carbocycles. The number of nitrogens with zero attached hydrogens (tertiary/aromatic N) is 1. The van der Waals surface area contributed by atoms with E-state index in [0.717, 1.165) is 4.47 Å². The van der Waals surface area contributed by atoms with E-state index < -0.39 is 0 Å². The van der Waals surface area contributed by atoms with Gasteiger partial charge in [0.05, 0.1) is 16.4 Å². The zero-order chi connectivity index (χ0) is 13.8. The first kappa shape index (κ1) is 13.8. The maximum absolute atomic E-state index is 12.0. The Kier molecular flexibility index (Phi) is 4.36. The summed E-state index contributed by atoms with van der Waals surface area (Å²) in [5, 5.41) is 3.12. The first-order valence-electron chi connectivity index (χ1n) is 5.29. The average Bonchev–Trinajstić information content (AvgIpc) is 2.42. The van der Waals surface area contributed by atoms with Crippen molar-refractivity contribution in [2.75, 3.05) is 10.7 Å². The van der Waals surface area contributed by atoms with Crippen molar-refractivity contribution in [1.29, 1.82) is 0 Å². The summed E-state index contributed by atoms with van der Waals surface area (Å²) in [5.74, 6) is 4.92. The summed E-state index contributed by atoms with van der Waals surface area (Å²) in [6.45, 7) is 0. The summed E-state index contributed by atoms with van der Waals surface area (Å²) in [5.41, 5.74) is 3.81. The molecular weight excluding hydrogens is 332 g/mol. The molecule has 0 saturated heterocycles. The summed E-state index contributed by atoms with van der Waals surface area (Å²) in [6, 6.07) is 8.38. The number of aromatic nitrogens is 1. The Balaban J connectivity index is 2.20. The number of carbonyl (C=O) groups is 1. The van der Waals surface area contributed by atoms with Crippen molar-refractivity contribution in [3.63, 3.8) is 0 Å². The van der Waals surface area contributed by atoms with Crippen LogP contribution in [0.15, 0.2) is 41.0 Å². The topological polar surface area (TPSA) is 80.0 Å². The molecule has 0 fully saturated rings. The van der Waals surface area contributed by atoms with Crippen molar-refractivity contribution in [2.45, 2.75) is 0 Å². The van der Waals surface area contributed by atoms with Crippen LogP contribution in [-0.4, -0.2) is 10.9 Å². The van der Waals surface area contributed by atoms with E-state index >= 15 is 0 Å². The van der Waals surface area contributed by atoms with Crippen LogP contribution in [0.1, 0.15) is 10.5 Å². The van der Waals surface area contributed by atoms with Crippen LogP contribution in [0.4, 0.5) is 11.4 Å². The number of nitrogen functional groups attached to an aromatic ring is 1. The third-order valence-corrected chi connectivity index (χ3v) is 3.14. The van der Waals surface area contributed by atoms with Crippen molar-refractivity contribution in [3.05, 3.63) is 51.7 Å². The van der Waals surface area contributed by atoms with E-state index in [1.807, 2.05) is 0 Å². The lowest BCUT2D eigenvalue weighted by atomic mass is 10.2. The van der Waals surface area contributed by atoms with Crippen LogP contribution >= 0.6 is 27.5 Å². The molecule has 0 aliphatic rings. The molecule has 98 valence electrons. The monoisotopic (exact) mass is 340 g/mol. The second-order valence-corrected chi connectivity index (χ2v) is 4.98. The summed E-state index contributed by atoms with van der Waals surface area (Å²) >= 11 is 9.32. The minimum Gasteiger partial charge on any atom is -0.324 e. The molecule has 0 spiro atoms. The van der Waals surface area contributed by atoms with Crippen LogP contribution in [0.25, 0.3) is 0 Å². The van der Waals surface area contributed by atoms with E-state index in [2.05, 4.69) is 31.7 Å². The van der Waals surface area contributed by atoms with E-state index in [9.17, 15) is 4.79 Å². The second kappa shape index (κ2) is 6.01. The lowest BCUT2D eigenvalue weighted by molar-refractivity contribution is 0.102. The third-order valence-electron chi connectivity index (χ3n) is 2.34. The van der Waals surface area contributed by atoms with Gasteiger partial charge in [-0.1, -0.05) is 27.5 Å². The smallest absolute Gasteiger partial charge is 0.274 e. The molecule has 0 bridgehead atoms. The van der Waals surface area contributed by atoms with Crippen molar-refractivity contribution < 1.29 is 4.79 Å². The van der Waals surface area contributed by atoms with Crippen molar-refractivity contribution in [2.24, 2.45) is 5.84 Å². The van der Waals surface area contributed by atoms with E-state index in [4.69, 9.17) is 17.4 Å². The average molecular weight is 342 g/mol. The van der Waals surface area contributed by atoms with Crippen LogP contribution in [0.3, 0.4) is 0 Å². The number of hydrazine groups is 1. The molecule has 0 aliphatic heterocycles. The minimum absolute atomic E-state index is 0.245. The summed E-state index contributed by atoms with van der Waals surface area (Å²) < 4.78 is 0.836. The van der Waals surface area contributed by atoms with E-state index in [1.54, 1.807) is 30.3 Å². The molecule has 19 heavy (non-hydrogen) atoms. The fourth-order valence-corrected chi connectivity index (χ4v) is 2.14. The normalized spacial score (nSPS) is 10.1. The SMILES string of the molecule is NNc1ccnc(C(=O)Nc2ccc(Br)cc2Cl)c1. The molecule has 4 N–H and O–H groups in total. The van der Waals surface area contributed by atoms with Gasteiger partial charge in [0.1, 0.15) is 5.69 Å². The Morgan fingerprint density at radius 2 is 2.11 bits per heavy atom. The zero-order valence-electron chi connectivity index (χ0n) is 9.65. The van der Waals surface area contributed by atoms with Gasteiger partial charge < -0.3 is 10.7 Å². The highest BCUT2D eigenvalue weighted by Crippen LogP contribution is 2.26. The molecule has 0 saturated carbocycles. The fraction of sp³-hybridized carbons (Fsp3) is 0. The largest absolute Gasteiger partial charge is 0.324 e. The number of halogens is 2. The van der Waals surface area contributed by atoms with Gasteiger partial charge in [-0.05, 0) is 30.3 Å². The number of rotatable bonds is 3. The zero-order valence-corrected chi connectivity index (χ0v) is 12.0. The first-order chi connectivity index (χ1) is 9.10. The molecule has 0 atom stereocenters. The number of pyridine rings is 1. The molecule has 5 nitrogen and oxygen atoms in total. The maximum atomic E-state index is 12.0. The van der Waals surface area contributed by atoms with Crippen molar-refractivity contribution in [1.82, 2.24) is 4.98 Å². The van der Waals surface area contributed by atoms with Gasteiger partial charge in [-0.25, -0.2) is 0 Å². The molecule has 1 heterocycles. The standard InChI is InChI=1S/C12H10BrClN4O/c13-7-1-2-10(9(14)5-7)17-12(19)11-6-8(18-15)3-4-16-11/h1-6H,15H2,(H,16,18)(H,17,19). The van der Waals surface area contributed by atoms with Crippen molar-refractivity contribution in [3.8, 4) is 0 Å². The molecule has 0 radical (unpaired) electrons. The van der Waals surface area contributed by atoms with Gasteiger partial charge in [-0.15, -0.1) is 0 Å². The fourth-order valence-electron chi connectivity index (χ4n) is 1.42. The molecule has 1 aromatic heterocycles. The van der Waals surface area contributed by atoms with E-state index in [1.165, 1.54) is 6.20 Å². The maximum Gasteiger partial charge on any atom is 0.274 e. The van der Waals surface area contributed by atoms with Crippen LogP contribution < -0.4 is 16.6 Å². The van der Waals surface area contributed by atoms with E-state index in [-0.39, 0.29) is 11.6 Å². The second-order valence-electron chi connectivity index (χ2n) is 3.65. The van der Waals surface area contributed by atoms with Crippen LogP contribution in [0, 0.1) is 0 Å². The third kappa shape index (κ3) is 3.44. The predicted octanol–water partition coefficient (Wildman–Crippen LogP) is 3.04. The van der Waals surface area contributed by atoms with Gasteiger partial charge in [0.2, 0.25) is 0 Å². The number of benzene rings is 1. The summed E-state index contributed by atoms with van der Waals surface area (Å²) in [6.07, 6.45) is 1.49. The highest BCUT2D eigenvalue weighted by atomic mass is 79.9. The first-order valence-corrected chi connectivity index (χ1v) is 6.46. The number of amides is 1. The van der Waals surface area contributed by atoms with Crippen molar-refractivity contribution >= 4 is 44.8 Å². The Morgan fingerprint density at radius 1 is 1.32 bits per heavy atom. The van der Waals surface area contributed by atoms with Gasteiger partial charge >= 0.3 is 0 Å². The number of hydrogen-bond donors (Lipinski definition) is 3. The quantitative estimate of drug-likeness (QED) is 0.592. The molecule has 0 unspecified atom stereocenters. The minimum atomic E-state index is -0.360. The molecule has 1 aromatic carbocycles. The Hall–Kier alpha value is -1.63. The number of hydrogen-bond acceptors (Lipinski definition) is 4. The number of anilines is 2. The lowest BCUT2D eigenvalue weighted by Gasteiger charge is -2.08. The highest BCUT2D eigenvalue weighted by Gasteiger charge is 2.10. The van der Waals surface area contributed by atoms with Crippen LogP contribution in [-0.2, 0) is 0 Å². The van der Waals surface area contributed by atoms with Gasteiger partial charge in [0, 0.05) is 10.7 Å². The number of carbonyl (C=O) groups excluding carboxylic acids is 1. The summed E-state index contributed by atoms with van der Waals surface area (Å²) in [7, 11) is 0. The molecular formula is C12H10BrClN4O. The lowest BCUT2D eigenvalue weighted by Crippen LogP contribution is -2.15. The Bertz CT molecular complexity index is 620. The predicted molar refractivity (Wildman–Crippen MR) is 79.2 cm³/mol. The van der Waals surface area contributed by atoms with E-state index in [0.29, 0.717) is 16.4 Å². The Labute approximate surface area is 123 Å². The van der Waals surface area contributed by atoms with Gasteiger partial charge in [-0.2, -0.15) is 0 Å². The Morgan fingerprint density at radius 3 is 2.79 bits per heavy atom. The summed E-state index contributed by atoms with van der Waals surface area (Å²) in [4.78, 5) is 16.0. The van der Waals surface area contributed by atoms with Gasteiger partial charge in [0.15, 0.2) is 0 Å². The molecule has 2 rings (SSSR count). The molecule has 1 amide bonds. The number of nitrogens with one attached hydrogen (secondary N) is 2. The van der Waals surface area contributed by atoms with Crippen LogP contribution in [0.5, 0.6) is 0 Å². The van der Waals surface area contributed by atoms with Gasteiger partial charge in [0.25, 0.3) is 5.91 Å². The molecule has 7 heteroatoms. The number of nitrogens with two attached hydrogens (primary N) is 1.